The first-order valence-electron chi connectivity index (χ1n) is 5.36. The molecule has 2 aliphatic rings. The predicted octanol–water partition coefficient (Wildman–Crippen LogP) is 1.35. The van der Waals surface area contributed by atoms with Gasteiger partial charge in [-0.1, -0.05) is 12.8 Å². The van der Waals surface area contributed by atoms with Crippen molar-refractivity contribution in [3.8, 4) is 0 Å². The lowest BCUT2D eigenvalue weighted by Crippen LogP contribution is -2.50. The molecular weight excluding hydrogens is 148 g/mol. The monoisotopic (exact) mass is 168 g/mol. The van der Waals surface area contributed by atoms with Crippen molar-refractivity contribution in [3.05, 3.63) is 0 Å². The lowest BCUT2D eigenvalue weighted by atomic mass is 9.86. The highest BCUT2D eigenvalue weighted by Gasteiger charge is 2.30. The van der Waals surface area contributed by atoms with Crippen molar-refractivity contribution in [2.75, 3.05) is 13.1 Å². The molecule has 0 atom stereocenters. The van der Waals surface area contributed by atoms with Crippen molar-refractivity contribution in [3.63, 3.8) is 0 Å². The molecule has 1 aliphatic carbocycles. The zero-order chi connectivity index (χ0) is 8.39. The molecule has 0 unspecified atom stereocenters. The predicted molar refractivity (Wildman–Crippen MR) is 51.0 cm³/mol. The first kappa shape index (κ1) is 8.52. The molecule has 2 rings (SSSR count). The summed E-state index contributed by atoms with van der Waals surface area (Å²) in [4.78, 5) is 2.66. The molecule has 2 N–H and O–H groups in total. The van der Waals surface area contributed by atoms with Crippen molar-refractivity contribution in [2.45, 2.75) is 50.6 Å². The van der Waals surface area contributed by atoms with Crippen molar-refractivity contribution in [1.29, 1.82) is 0 Å². The van der Waals surface area contributed by atoms with Crippen LogP contribution in [0, 0.1) is 0 Å². The molecule has 0 radical (unpaired) electrons. The van der Waals surface area contributed by atoms with Gasteiger partial charge in [0.25, 0.3) is 0 Å². The van der Waals surface area contributed by atoms with Crippen LogP contribution in [-0.4, -0.2) is 30.1 Å². The zero-order valence-electron chi connectivity index (χ0n) is 7.84. The van der Waals surface area contributed by atoms with E-state index in [1.54, 1.807) is 0 Å². The summed E-state index contributed by atoms with van der Waals surface area (Å²) in [5.41, 5.74) is 5.79. The smallest absolute Gasteiger partial charge is 0.0125 e. The van der Waals surface area contributed by atoms with Crippen LogP contribution >= 0.6 is 0 Å². The van der Waals surface area contributed by atoms with Gasteiger partial charge in [0.15, 0.2) is 0 Å². The van der Waals surface area contributed by atoms with Crippen molar-refractivity contribution in [1.82, 2.24) is 4.90 Å². The molecule has 12 heavy (non-hydrogen) atoms. The number of hydrogen-bond donors (Lipinski definition) is 1. The van der Waals surface area contributed by atoms with Crippen molar-refractivity contribution < 1.29 is 0 Å². The molecule has 1 saturated heterocycles. The highest BCUT2D eigenvalue weighted by atomic mass is 15.2. The van der Waals surface area contributed by atoms with Crippen molar-refractivity contribution >= 4 is 0 Å². The SMILES string of the molecule is NC1CC(N2CCCCCC2)C1. The van der Waals surface area contributed by atoms with Crippen LogP contribution in [0.15, 0.2) is 0 Å². The van der Waals surface area contributed by atoms with Crippen LogP contribution in [-0.2, 0) is 0 Å². The molecule has 0 amide bonds. The van der Waals surface area contributed by atoms with E-state index in [1.165, 1.54) is 51.6 Å². The Kier molecular flexibility index (Phi) is 2.66. The molecule has 0 aromatic heterocycles. The first-order chi connectivity index (χ1) is 5.86. The molecule has 1 saturated carbocycles. The summed E-state index contributed by atoms with van der Waals surface area (Å²) < 4.78 is 0. The lowest BCUT2D eigenvalue weighted by Gasteiger charge is -2.41. The van der Waals surface area contributed by atoms with E-state index in [1.807, 2.05) is 0 Å². The minimum absolute atomic E-state index is 0.512. The van der Waals surface area contributed by atoms with Gasteiger partial charge in [-0.15, -0.1) is 0 Å². The van der Waals surface area contributed by atoms with Gasteiger partial charge >= 0.3 is 0 Å². The molecule has 0 spiro atoms. The minimum Gasteiger partial charge on any atom is -0.328 e. The summed E-state index contributed by atoms with van der Waals surface area (Å²) in [5.74, 6) is 0. The molecule has 1 aliphatic heterocycles. The van der Waals surface area contributed by atoms with Gasteiger partial charge in [-0.05, 0) is 38.8 Å². The number of rotatable bonds is 1. The minimum atomic E-state index is 0.512. The Morgan fingerprint density at radius 3 is 2.00 bits per heavy atom. The molecule has 0 aromatic carbocycles. The third-order valence-corrected chi connectivity index (χ3v) is 3.31. The van der Waals surface area contributed by atoms with Crippen LogP contribution in [0.2, 0.25) is 0 Å². The normalized spacial score (nSPS) is 38.8. The second kappa shape index (κ2) is 3.75. The van der Waals surface area contributed by atoms with Crippen LogP contribution < -0.4 is 5.73 Å². The van der Waals surface area contributed by atoms with E-state index in [0.29, 0.717) is 6.04 Å². The standard InChI is InChI=1S/C10H20N2/c11-9-7-10(8-9)12-5-3-1-2-4-6-12/h9-10H,1-8,11H2. The van der Waals surface area contributed by atoms with E-state index in [-0.39, 0.29) is 0 Å². The average molecular weight is 168 g/mol. The fourth-order valence-corrected chi connectivity index (χ4v) is 2.39. The second-order valence-corrected chi connectivity index (χ2v) is 4.34. The maximum Gasteiger partial charge on any atom is 0.0125 e. The zero-order valence-corrected chi connectivity index (χ0v) is 7.84. The van der Waals surface area contributed by atoms with Crippen molar-refractivity contribution in [2.24, 2.45) is 5.73 Å². The third kappa shape index (κ3) is 1.80. The van der Waals surface area contributed by atoms with Crippen LogP contribution in [0.4, 0.5) is 0 Å². The van der Waals surface area contributed by atoms with Gasteiger partial charge in [-0.3, -0.25) is 0 Å². The maximum absolute atomic E-state index is 5.79. The van der Waals surface area contributed by atoms with E-state index in [2.05, 4.69) is 4.90 Å². The van der Waals surface area contributed by atoms with Gasteiger partial charge in [0.1, 0.15) is 0 Å². The lowest BCUT2D eigenvalue weighted by molar-refractivity contribution is 0.115. The Hall–Kier alpha value is -0.0800. The summed E-state index contributed by atoms with van der Waals surface area (Å²) in [6.07, 6.45) is 8.20. The molecular formula is C10H20N2. The van der Waals surface area contributed by atoms with Gasteiger partial charge in [0.05, 0.1) is 0 Å². The number of nitrogens with zero attached hydrogens (tertiary/aromatic N) is 1. The van der Waals surface area contributed by atoms with Gasteiger partial charge in [-0.25, -0.2) is 0 Å². The number of likely N-dealkylation sites (tertiary alicyclic amines) is 1. The van der Waals surface area contributed by atoms with E-state index in [9.17, 15) is 0 Å². The Morgan fingerprint density at radius 1 is 0.917 bits per heavy atom. The number of hydrogen-bond acceptors (Lipinski definition) is 2. The van der Waals surface area contributed by atoms with Crippen LogP contribution in [0.5, 0.6) is 0 Å². The van der Waals surface area contributed by atoms with Gasteiger partial charge in [-0.2, -0.15) is 0 Å². The largest absolute Gasteiger partial charge is 0.328 e. The molecule has 2 heteroatoms. The quantitative estimate of drug-likeness (QED) is 0.640. The van der Waals surface area contributed by atoms with Crippen LogP contribution in [0.3, 0.4) is 0 Å². The van der Waals surface area contributed by atoms with Gasteiger partial charge < -0.3 is 10.6 Å². The molecule has 0 bridgehead atoms. The molecule has 0 aromatic rings. The van der Waals surface area contributed by atoms with Gasteiger partial charge in [0.2, 0.25) is 0 Å². The summed E-state index contributed by atoms with van der Waals surface area (Å²) >= 11 is 0. The third-order valence-electron chi connectivity index (χ3n) is 3.31. The highest BCUT2D eigenvalue weighted by molar-refractivity contribution is 4.89. The molecule has 2 nitrogen and oxygen atoms in total. The van der Waals surface area contributed by atoms with E-state index >= 15 is 0 Å². The Bertz CT molecular complexity index is 133. The van der Waals surface area contributed by atoms with Crippen LogP contribution in [0.1, 0.15) is 38.5 Å². The van der Waals surface area contributed by atoms with E-state index in [4.69, 9.17) is 5.73 Å². The summed E-state index contributed by atoms with van der Waals surface area (Å²) in [6.45, 7) is 2.66. The molecule has 2 fully saturated rings. The Balaban J connectivity index is 1.78. The highest BCUT2D eigenvalue weighted by Crippen LogP contribution is 2.26. The van der Waals surface area contributed by atoms with Crippen LogP contribution in [0.25, 0.3) is 0 Å². The molecule has 70 valence electrons. The molecule has 1 heterocycles. The topological polar surface area (TPSA) is 29.3 Å². The second-order valence-electron chi connectivity index (χ2n) is 4.34. The van der Waals surface area contributed by atoms with E-state index in [0.717, 1.165) is 6.04 Å². The summed E-state index contributed by atoms with van der Waals surface area (Å²) in [5, 5.41) is 0. The van der Waals surface area contributed by atoms with Gasteiger partial charge in [0, 0.05) is 12.1 Å². The summed E-state index contributed by atoms with van der Waals surface area (Å²) in [7, 11) is 0. The van der Waals surface area contributed by atoms with E-state index < -0.39 is 0 Å². The summed E-state index contributed by atoms with van der Waals surface area (Å²) in [6, 6.07) is 1.36. The Morgan fingerprint density at radius 2 is 1.50 bits per heavy atom. The maximum atomic E-state index is 5.79. The number of nitrogens with two attached hydrogens (primary N) is 1. The first-order valence-corrected chi connectivity index (χ1v) is 5.36. The fraction of sp³-hybridized carbons (Fsp3) is 1.00. The Labute approximate surface area is 75.1 Å². The fourth-order valence-electron chi connectivity index (χ4n) is 2.39. The average Bonchev–Trinajstić information content (AvgIpc) is 2.26.